The summed E-state index contributed by atoms with van der Waals surface area (Å²) in [5.74, 6) is 0.569. The zero-order valence-electron chi connectivity index (χ0n) is 23.3. The number of hydrogen-bond donors (Lipinski definition) is 1. The molecule has 214 valence electrons. The third-order valence-electron chi connectivity index (χ3n) is 6.94. The number of methoxy groups -OCH3 is 3. The molecule has 2 aromatic carbocycles. The largest absolute Gasteiger partial charge is 0.497 e. The summed E-state index contributed by atoms with van der Waals surface area (Å²) < 4.78 is 42.6. The first kappa shape index (κ1) is 30.1. The lowest BCUT2D eigenvalue weighted by Crippen LogP contribution is -2.52. The monoisotopic (exact) mass is 561 g/mol. The highest BCUT2D eigenvalue weighted by atomic mass is 32.2. The van der Waals surface area contributed by atoms with E-state index in [0.717, 1.165) is 48.2 Å². The first-order valence-electron chi connectivity index (χ1n) is 13.0. The highest BCUT2D eigenvalue weighted by Crippen LogP contribution is 2.32. The van der Waals surface area contributed by atoms with Crippen LogP contribution in [0.1, 0.15) is 44.6 Å². The Kier molecular flexibility index (Phi) is 10.4. The number of hydrogen-bond acceptors (Lipinski definition) is 7. The van der Waals surface area contributed by atoms with Gasteiger partial charge < -0.3 is 24.4 Å². The Balaban J connectivity index is 1.92. The van der Waals surface area contributed by atoms with E-state index in [4.69, 9.17) is 14.2 Å². The first-order chi connectivity index (χ1) is 18.6. The second-order valence-electron chi connectivity index (χ2n) is 9.70. The Morgan fingerprint density at radius 3 is 2.28 bits per heavy atom. The van der Waals surface area contributed by atoms with Crippen LogP contribution >= 0.6 is 0 Å². The molecule has 1 N–H and O–H groups in total. The molecule has 0 radical (unpaired) electrons. The minimum absolute atomic E-state index is 0.0711. The fourth-order valence-corrected chi connectivity index (χ4v) is 5.55. The quantitative estimate of drug-likeness (QED) is 0.423. The van der Waals surface area contributed by atoms with Gasteiger partial charge in [-0.05, 0) is 49.6 Å². The molecule has 0 spiro atoms. The molecule has 0 heterocycles. The van der Waals surface area contributed by atoms with Crippen LogP contribution in [0.4, 0.5) is 5.69 Å². The van der Waals surface area contributed by atoms with Gasteiger partial charge in [0.05, 0.1) is 33.3 Å². The van der Waals surface area contributed by atoms with Crippen LogP contribution in [-0.2, 0) is 26.2 Å². The van der Waals surface area contributed by atoms with Crippen molar-refractivity contribution < 1.29 is 32.2 Å². The SMILES string of the molecule is COc1cccc(CN(C(=O)CN(c2ccc(OC)c(OC)c2)S(C)(=O)=O)[C@@H](C)C(=O)NC2CCCCC2)c1. The second kappa shape index (κ2) is 13.5. The Morgan fingerprint density at radius 1 is 0.974 bits per heavy atom. The molecule has 3 rings (SSSR count). The second-order valence-corrected chi connectivity index (χ2v) is 11.6. The van der Waals surface area contributed by atoms with E-state index in [0.29, 0.717) is 17.2 Å². The van der Waals surface area contributed by atoms with Crippen LogP contribution in [0, 0.1) is 0 Å². The average molecular weight is 562 g/mol. The number of carbonyl (C=O) groups excluding carboxylic acids is 2. The Morgan fingerprint density at radius 2 is 1.67 bits per heavy atom. The molecule has 0 unspecified atom stereocenters. The molecule has 10 nitrogen and oxygen atoms in total. The van der Waals surface area contributed by atoms with Gasteiger partial charge in [-0.25, -0.2) is 8.42 Å². The Bertz CT molecular complexity index is 1250. The number of nitrogens with one attached hydrogen (secondary N) is 1. The predicted molar refractivity (Wildman–Crippen MR) is 150 cm³/mol. The van der Waals surface area contributed by atoms with Crippen LogP contribution < -0.4 is 23.8 Å². The van der Waals surface area contributed by atoms with Crippen LogP contribution in [-0.4, -0.2) is 71.3 Å². The van der Waals surface area contributed by atoms with Crippen LogP contribution in [0.25, 0.3) is 0 Å². The molecule has 2 amide bonds. The summed E-state index contributed by atoms with van der Waals surface area (Å²) in [5.41, 5.74) is 0.987. The molecular formula is C28H39N3O7S. The Labute approximate surface area is 231 Å². The molecule has 2 aromatic rings. The molecule has 0 bridgehead atoms. The zero-order chi connectivity index (χ0) is 28.6. The number of nitrogens with zero attached hydrogens (tertiary/aromatic N) is 2. The van der Waals surface area contributed by atoms with Gasteiger partial charge in [-0.15, -0.1) is 0 Å². The van der Waals surface area contributed by atoms with Crippen molar-refractivity contribution in [3.63, 3.8) is 0 Å². The van der Waals surface area contributed by atoms with Gasteiger partial charge in [-0.3, -0.25) is 13.9 Å². The van der Waals surface area contributed by atoms with Crippen molar-refractivity contribution in [1.82, 2.24) is 10.2 Å². The number of carbonyl (C=O) groups is 2. The molecule has 11 heteroatoms. The molecule has 1 saturated carbocycles. The van der Waals surface area contributed by atoms with Crippen molar-refractivity contribution in [1.29, 1.82) is 0 Å². The summed E-state index contributed by atoms with van der Waals surface area (Å²) in [6, 6.07) is 11.1. The highest BCUT2D eigenvalue weighted by molar-refractivity contribution is 7.92. The van der Waals surface area contributed by atoms with Crippen LogP contribution in [0.3, 0.4) is 0 Å². The van der Waals surface area contributed by atoms with Crippen LogP contribution in [0.5, 0.6) is 17.2 Å². The van der Waals surface area contributed by atoms with E-state index < -0.39 is 28.5 Å². The van der Waals surface area contributed by atoms with Gasteiger partial charge in [0.15, 0.2) is 11.5 Å². The molecule has 0 saturated heterocycles. The summed E-state index contributed by atoms with van der Waals surface area (Å²) in [4.78, 5) is 28.5. The van der Waals surface area contributed by atoms with Gasteiger partial charge in [-0.2, -0.15) is 0 Å². The lowest BCUT2D eigenvalue weighted by atomic mass is 9.95. The van der Waals surface area contributed by atoms with E-state index in [9.17, 15) is 18.0 Å². The van der Waals surface area contributed by atoms with E-state index in [1.54, 1.807) is 44.4 Å². The van der Waals surface area contributed by atoms with Crippen molar-refractivity contribution in [2.24, 2.45) is 0 Å². The molecule has 1 aliphatic carbocycles. The molecule has 39 heavy (non-hydrogen) atoms. The molecule has 1 aliphatic rings. The zero-order valence-corrected chi connectivity index (χ0v) is 24.1. The smallest absolute Gasteiger partial charge is 0.244 e. The minimum atomic E-state index is -3.87. The summed E-state index contributed by atoms with van der Waals surface area (Å²) in [5, 5.41) is 3.09. The van der Waals surface area contributed by atoms with Gasteiger partial charge in [0.25, 0.3) is 0 Å². The highest BCUT2D eigenvalue weighted by Gasteiger charge is 2.31. The molecule has 0 aliphatic heterocycles. The third kappa shape index (κ3) is 8.01. The van der Waals surface area contributed by atoms with E-state index in [1.165, 1.54) is 25.2 Å². The molecule has 1 fully saturated rings. The summed E-state index contributed by atoms with van der Waals surface area (Å²) in [6.45, 7) is 1.26. The standard InChI is InChI=1S/C28H39N3O7S/c1-20(28(33)29-22-11-7-6-8-12-22)30(18-21-10-9-13-24(16-21)36-2)27(32)19-31(39(5,34)35)23-14-15-25(37-3)26(17-23)38-4/h9-10,13-17,20,22H,6-8,11-12,18-19H2,1-5H3,(H,29,33)/t20-/m0/s1. The fourth-order valence-electron chi connectivity index (χ4n) is 4.71. The van der Waals surface area contributed by atoms with E-state index in [-0.39, 0.29) is 24.2 Å². The van der Waals surface area contributed by atoms with Gasteiger partial charge >= 0.3 is 0 Å². The maximum Gasteiger partial charge on any atom is 0.244 e. The lowest BCUT2D eigenvalue weighted by molar-refractivity contribution is -0.139. The summed E-state index contributed by atoms with van der Waals surface area (Å²) in [6.07, 6.45) is 6.11. The van der Waals surface area contributed by atoms with Gasteiger partial charge in [-0.1, -0.05) is 31.4 Å². The number of rotatable bonds is 12. The van der Waals surface area contributed by atoms with Crippen LogP contribution in [0.2, 0.25) is 0 Å². The van der Waals surface area contributed by atoms with Gasteiger partial charge in [0.1, 0.15) is 18.3 Å². The molecular weight excluding hydrogens is 522 g/mol. The summed E-state index contributed by atoms with van der Waals surface area (Å²) >= 11 is 0. The molecule has 0 aromatic heterocycles. The minimum Gasteiger partial charge on any atom is -0.497 e. The number of benzene rings is 2. The fraction of sp³-hybridized carbons (Fsp3) is 0.500. The van der Waals surface area contributed by atoms with Crippen molar-refractivity contribution in [2.75, 3.05) is 38.4 Å². The molecule has 1 atom stereocenters. The topological polar surface area (TPSA) is 114 Å². The number of ether oxygens (including phenoxy) is 3. The van der Waals surface area contributed by atoms with Crippen LogP contribution in [0.15, 0.2) is 42.5 Å². The summed E-state index contributed by atoms with van der Waals surface area (Å²) in [7, 11) is 0.599. The van der Waals surface area contributed by atoms with E-state index >= 15 is 0 Å². The van der Waals surface area contributed by atoms with Gasteiger partial charge in [0, 0.05) is 18.7 Å². The Hall–Kier alpha value is -3.47. The lowest BCUT2D eigenvalue weighted by Gasteiger charge is -2.33. The number of sulfonamides is 1. The van der Waals surface area contributed by atoms with E-state index in [1.807, 2.05) is 6.07 Å². The first-order valence-corrected chi connectivity index (χ1v) is 14.8. The van der Waals surface area contributed by atoms with Crippen molar-refractivity contribution in [3.8, 4) is 17.2 Å². The maximum atomic E-state index is 13.8. The van der Waals surface area contributed by atoms with Gasteiger partial charge in [0.2, 0.25) is 21.8 Å². The van der Waals surface area contributed by atoms with Crippen molar-refractivity contribution in [3.05, 3.63) is 48.0 Å². The third-order valence-corrected chi connectivity index (χ3v) is 8.08. The van der Waals surface area contributed by atoms with Crippen molar-refractivity contribution >= 4 is 27.5 Å². The van der Waals surface area contributed by atoms with E-state index in [2.05, 4.69) is 5.32 Å². The predicted octanol–water partition coefficient (Wildman–Crippen LogP) is 3.34. The number of anilines is 1. The van der Waals surface area contributed by atoms with Crippen molar-refractivity contribution in [2.45, 2.75) is 57.7 Å². The number of amides is 2. The normalized spacial score (nSPS) is 14.7. The maximum absolute atomic E-state index is 13.8. The average Bonchev–Trinajstić information content (AvgIpc) is 2.93.